The maximum Gasteiger partial charge on any atom is 1.00 e. The van der Waals surface area contributed by atoms with Gasteiger partial charge in [0.1, 0.15) is 63.8 Å². The van der Waals surface area contributed by atoms with E-state index in [0.717, 1.165) is 59.8 Å². The first-order valence-electron chi connectivity index (χ1n) is 15.0. The number of carbonyl (C=O) groups excluding carboxylic acids is 2. The molecule has 0 aliphatic carbocycles. The van der Waals surface area contributed by atoms with Gasteiger partial charge in [-0.1, -0.05) is 12.1 Å². The molecular formula is C30H16N6Na4O16S4. The Kier molecular flexibility index (Phi) is 17.6. The summed E-state index contributed by atoms with van der Waals surface area (Å²) in [4.78, 5) is 23.7. The molecule has 30 heteroatoms. The van der Waals surface area contributed by atoms with Gasteiger partial charge in [-0.25, -0.2) is 25.3 Å². The SMILES string of the molecule is CC(=O)Oc1cc(-n2nc3ccc4c(S(=O)(=O)[O-])cc(S(=O)(=O)[O-])cc4c3n2)c(OC(C)=O)cc1-n1nc2ccc3c(SOO[O-])cc(S(=O)(=O)[O-])cc3c2n1.[Na+].[Na+].[Na+].[Na+]. The van der Waals surface area contributed by atoms with Gasteiger partial charge in [-0.3, -0.25) is 14.6 Å². The van der Waals surface area contributed by atoms with Gasteiger partial charge in [0.25, 0.3) is 0 Å². The van der Waals surface area contributed by atoms with Crippen LogP contribution in [0.15, 0.2) is 80.2 Å². The molecule has 0 atom stereocenters. The predicted molar refractivity (Wildman–Crippen MR) is 181 cm³/mol. The Labute approximate surface area is 430 Å². The molecule has 2 aromatic heterocycles. The number of nitrogens with zero attached hydrogens (tertiary/aromatic N) is 6. The van der Waals surface area contributed by atoms with Gasteiger partial charge < -0.3 is 28.4 Å². The molecular weight excluding hydrogens is 921 g/mol. The number of esters is 2. The number of fused-ring (bicyclic) bond motifs is 6. The molecule has 0 bridgehead atoms. The smallest absolute Gasteiger partial charge is 0.744 e. The fourth-order valence-corrected chi connectivity index (χ4v) is 8.12. The van der Waals surface area contributed by atoms with Gasteiger partial charge in [0.15, 0.2) is 11.5 Å². The van der Waals surface area contributed by atoms with Crippen molar-refractivity contribution in [3.63, 3.8) is 0 Å². The third kappa shape index (κ3) is 10.8. The minimum atomic E-state index is -5.32. The zero-order valence-corrected chi connectivity index (χ0v) is 42.9. The zero-order chi connectivity index (χ0) is 40.5. The van der Waals surface area contributed by atoms with Crippen LogP contribution >= 0.6 is 12.0 Å². The number of aromatic nitrogens is 6. The Morgan fingerprint density at radius 1 is 0.583 bits per heavy atom. The van der Waals surface area contributed by atoms with Crippen LogP contribution in [0.3, 0.4) is 0 Å². The Hall–Kier alpha value is -1.68. The monoisotopic (exact) mass is 936 g/mol. The summed E-state index contributed by atoms with van der Waals surface area (Å²) in [6.07, 6.45) is 0. The molecule has 0 amide bonds. The Morgan fingerprint density at radius 2 is 1.02 bits per heavy atom. The number of hydrogen-bond donors (Lipinski definition) is 0. The molecule has 0 unspecified atom stereocenters. The molecule has 0 radical (unpaired) electrons. The molecule has 0 fully saturated rings. The Morgan fingerprint density at radius 3 is 1.43 bits per heavy atom. The molecule has 7 rings (SSSR count). The van der Waals surface area contributed by atoms with E-state index in [9.17, 15) is 53.8 Å². The standard InChI is InChI=1S/C30H20N6O16S4.4Na/c1-13(37)49-25-12-24(36-32-22-6-4-18-20(30(22)34-36)8-16(55(43,44)45)10-28(18)56(46,47)48)26(50-14(2)38)11-23(25)35-31-21-5-3-17-19(29(21)33-35)7-15(54(40,41)42)9-27(17)53-52-51-39;;;;/h3-12,39H,1-2H3,(H,40,41,42)(H,43,44,45)(H,46,47,48);;;;/q;4*+1/p-4. The maximum atomic E-state index is 12.3. The van der Waals surface area contributed by atoms with Crippen LogP contribution in [0.5, 0.6) is 11.5 Å². The quantitative estimate of drug-likeness (QED) is 0.0234. The van der Waals surface area contributed by atoms with E-state index in [2.05, 4.69) is 29.8 Å². The molecule has 0 spiro atoms. The molecule has 0 aliphatic heterocycles. The van der Waals surface area contributed by atoms with Crippen molar-refractivity contribution in [3.8, 4) is 22.9 Å². The zero-order valence-electron chi connectivity index (χ0n) is 31.6. The molecule has 290 valence electrons. The van der Waals surface area contributed by atoms with E-state index in [1.807, 2.05) is 0 Å². The average molecular weight is 937 g/mol. The van der Waals surface area contributed by atoms with E-state index in [4.69, 9.17) is 9.47 Å². The van der Waals surface area contributed by atoms with Gasteiger partial charge >= 0.3 is 130 Å². The van der Waals surface area contributed by atoms with Crippen molar-refractivity contribution in [2.24, 2.45) is 0 Å². The molecule has 0 N–H and O–H groups in total. The van der Waals surface area contributed by atoms with Crippen molar-refractivity contribution in [2.45, 2.75) is 33.4 Å². The van der Waals surface area contributed by atoms with Gasteiger partial charge in [-0.05, 0) is 36.4 Å². The first-order valence-corrected chi connectivity index (χ1v) is 19.9. The number of hydrogen-bond acceptors (Lipinski definition) is 21. The van der Waals surface area contributed by atoms with Crippen LogP contribution in [-0.2, 0) is 49.3 Å². The summed E-state index contributed by atoms with van der Waals surface area (Å²) < 4.78 is 123. The van der Waals surface area contributed by atoms with E-state index < -0.39 is 57.0 Å². The third-order valence-electron chi connectivity index (χ3n) is 7.81. The largest absolute Gasteiger partial charge is 1.00 e. The Bertz CT molecular complexity index is 3210. The van der Waals surface area contributed by atoms with Gasteiger partial charge in [0.05, 0.1) is 26.7 Å². The van der Waals surface area contributed by atoms with Crippen LogP contribution in [0.2, 0.25) is 0 Å². The first-order chi connectivity index (χ1) is 26.2. The van der Waals surface area contributed by atoms with Gasteiger partial charge in [-0.2, -0.15) is 4.33 Å². The molecule has 7 aromatic rings. The second kappa shape index (κ2) is 20.0. The minimum Gasteiger partial charge on any atom is -0.744 e. The van der Waals surface area contributed by atoms with Crippen molar-refractivity contribution in [1.82, 2.24) is 30.0 Å². The van der Waals surface area contributed by atoms with Gasteiger partial charge in [0, 0.05) is 52.4 Å². The average Bonchev–Trinajstić information content (AvgIpc) is 3.74. The summed E-state index contributed by atoms with van der Waals surface area (Å²) in [6.45, 7) is 2.10. The van der Waals surface area contributed by atoms with Crippen molar-refractivity contribution >= 4 is 97.9 Å². The van der Waals surface area contributed by atoms with Crippen LogP contribution in [0.4, 0.5) is 0 Å². The second-order valence-electron chi connectivity index (χ2n) is 11.4. The second-order valence-corrected chi connectivity index (χ2v) is 16.3. The Balaban J connectivity index is 0.00000240. The van der Waals surface area contributed by atoms with Crippen molar-refractivity contribution in [2.75, 3.05) is 0 Å². The molecule has 5 aromatic carbocycles. The normalized spacial score (nSPS) is 11.7. The topological polar surface area (TPSA) is 327 Å². The van der Waals surface area contributed by atoms with Crippen molar-refractivity contribution in [1.29, 1.82) is 0 Å². The molecule has 22 nitrogen and oxygen atoms in total. The van der Waals surface area contributed by atoms with Crippen LogP contribution in [0.25, 0.3) is 55.0 Å². The van der Waals surface area contributed by atoms with E-state index in [-0.39, 0.29) is 190 Å². The van der Waals surface area contributed by atoms with Gasteiger partial charge in [-0.15, -0.1) is 30.0 Å². The number of ether oxygens (including phenoxy) is 2. The summed E-state index contributed by atoms with van der Waals surface area (Å²) >= 11 is 0.319. The van der Waals surface area contributed by atoms with Crippen LogP contribution in [0.1, 0.15) is 13.8 Å². The molecule has 60 heavy (non-hydrogen) atoms. The fourth-order valence-electron chi connectivity index (χ4n) is 5.66. The third-order valence-corrected chi connectivity index (χ3v) is 11.0. The summed E-state index contributed by atoms with van der Waals surface area (Å²) in [7, 11) is -15.7. The number of benzene rings is 5. The van der Waals surface area contributed by atoms with E-state index in [0.29, 0.717) is 18.1 Å². The summed E-state index contributed by atoms with van der Waals surface area (Å²) in [6, 6.07) is 10.8. The molecule has 0 saturated carbocycles. The number of rotatable bonds is 10. The van der Waals surface area contributed by atoms with Crippen LogP contribution < -0.4 is 133 Å². The van der Waals surface area contributed by atoms with Crippen molar-refractivity contribution in [3.05, 3.63) is 60.7 Å². The summed E-state index contributed by atoms with van der Waals surface area (Å²) in [5.41, 5.74) is -0.504. The fraction of sp³-hybridized carbons (Fsp3) is 0.0667. The molecule has 2 heterocycles. The van der Waals surface area contributed by atoms with E-state index in [1.165, 1.54) is 18.2 Å². The van der Waals surface area contributed by atoms with Gasteiger partial charge in [0.2, 0.25) is 0 Å². The van der Waals surface area contributed by atoms with Crippen molar-refractivity contribution < 1.29 is 191 Å². The van der Waals surface area contributed by atoms with Crippen LogP contribution in [0, 0.1) is 0 Å². The van der Waals surface area contributed by atoms with E-state index in [1.54, 1.807) is 0 Å². The summed E-state index contributed by atoms with van der Waals surface area (Å²) in [5.74, 6) is -2.37. The minimum absolute atomic E-state index is 0. The van der Waals surface area contributed by atoms with Crippen LogP contribution in [-0.4, -0.2) is 80.8 Å². The predicted octanol–water partition coefficient (Wildman–Crippen LogP) is -10.7. The van der Waals surface area contributed by atoms with E-state index >= 15 is 0 Å². The number of carbonyl (C=O) groups is 2. The molecule has 0 aliphatic rings. The summed E-state index contributed by atoms with van der Waals surface area (Å²) in [5, 5.41) is 31.0. The maximum absolute atomic E-state index is 12.3. The molecule has 0 saturated heterocycles. The first kappa shape index (κ1) is 52.7.